The lowest BCUT2D eigenvalue weighted by Crippen LogP contribution is -2.28. The molecule has 2 amide bonds. The molecule has 2 unspecified atom stereocenters. The van der Waals surface area contributed by atoms with Gasteiger partial charge in [-0.25, -0.2) is 4.68 Å². The van der Waals surface area contributed by atoms with Crippen LogP contribution < -0.4 is 5.32 Å². The number of benzene rings is 1. The number of allylic oxidation sites excluding steroid dienone is 1. The third-order valence-electron chi connectivity index (χ3n) is 5.52. The highest BCUT2D eigenvalue weighted by Crippen LogP contribution is 2.28. The molecule has 1 aromatic carbocycles. The minimum atomic E-state index is -4.78. The molecule has 1 aliphatic rings. The van der Waals surface area contributed by atoms with Crippen molar-refractivity contribution in [3.63, 3.8) is 0 Å². The van der Waals surface area contributed by atoms with Gasteiger partial charge in [0.25, 0.3) is 17.6 Å². The number of nitriles is 1. The SMILES string of the molecule is Cc1cc(C#N)cc(C(=O)N(C)C)c1NC(=O)c1cc(Cn2nnc(C(F)(F)F)n2)nn1C1N=CC=CC1Cl. The molecule has 2 aromatic heterocycles. The molecule has 0 bridgehead atoms. The summed E-state index contributed by atoms with van der Waals surface area (Å²) in [6.45, 7) is 1.29. The van der Waals surface area contributed by atoms with Crippen LogP contribution in [0.5, 0.6) is 0 Å². The van der Waals surface area contributed by atoms with Crippen LogP contribution in [0.2, 0.25) is 0 Å². The van der Waals surface area contributed by atoms with Gasteiger partial charge in [-0.15, -0.1) is 21.8 Å². The Morgan fingerprint density at radius 2 is 1.97 bits per heavy atom. The molecule has 3 aromatic rings. The molecule has 0 spiro atoms. The lowest BCUT2D eigenvalue weighted by Gasteiger charge is -2.21. The van der Waals surface area contributed by atoms with E-state index in [1.165, 1.54) is 48.1 Å². The molecule has 0 fully saturated rings. The van der Waals surface area contributed by atoms with E-state index < -0.39 is 35.4 Å². The number of halogens is 4. The summed E-state index contributed by atoms with van der Waals surface area (Å²) >= 11 is 6.40. The van der Waals surface area contributed by atoms with Gasteiger partial charge in [0, 0.05) is 20.3 Å². The van der Waals surface area contributed by atoms with E-state index in [1.54, 1.807) is 19.1 Å². The summed E-state index contributed by atoms with van der Waals surface area (Å²) in [4.78, 5) is 32.7. The Bertz CT molecular complexity index is 1530. The second kappa shape index (κ2) is 10.7. The molecule has 39 heavy (non-hydrogen) atoms. The second-order valence-electron chi connectivity index (χ2n) is 8.63. The molecule has 12 nitrogen and oxygen atoms in total. The van der Waals surface area contributed by atoms with Crippen LogP contribution >= 0.6 is 11.6 Å². The van der Waals surface area contributed by atoms with Crippen molar-refractivity contribution in [2.45, 2.75) is 31.2 Å². The zero-order valence-corrected chi connectivity index (χ0v) is 21.4. The Balaban J connectivity index is 1.73. The molecule has 1 N–H and O–H groups in total. The number of nitrogens with one attached hydrogen (secondary N) is 1. The smallest absolute Gasteiger partial charge is 0.345 e. The van der Waals surface area contributed by atoms with Crippen LogP contribution in [0, 0.1) is 18.3 Å². The normalized spacial score (nSPS) is 16.7. The van der Waals surface area contributed by atoms with Gasteiger partial charge in [-0.05, 0) is 42.0 Å². The summed E-state index contributed by atoms with van der Waals surface area (Å²) in [5.41, 5.74) is 1.04. The Morgan fingerprint density at radius 3 is 2.59 bits per heavy atom. The molecule has 4 rings (SSSR count). The minimum absolute atomic E-state index is 0.0451. The minimum Gasteiger partial charge on any atom is -0.345 e. The van der Waals surface area contributed by atoms with Crippen molar-refractivity contribution in [1.29, 1.82) is 5.26 Å². The maximum Gasteiger partial charge on any atom is 0.455 e. The number of hydrogen-bond donors (Lipinski definition) is 1. The Labute approximate surface area is 224 Å². The monoisotopic (exact) mass is 560 g/mol. The van der Waals surface area contributed by atoms with Gasteiger partial charge in [-0.3, -0.25) is 14.6 Å². The van der Waals surface area contributed by atoms with Crippen molar-refractivity contribution in [2.75, 3.05) is 19.4 Å². The maximum absolute atomic E-state index is 13.6. The molecule has 0 saturated heterocycles. The zero-order chi connectivity index (χ0) is 28.5. The standard InChI is InChI=1S/C23H20ClF3N10O2/c1-12-7-13(10-28)8-15(21(39)35(2)3)18(12)30-20(38)17-9-14(11-36-33-22(31-34-36)23(25,26)27)32-37(17)19-16(24)5-4-6-29-19/h4-9,16,19H,11H2,1-3H3,(H,30,38). The molecule has 3 heterocycles. The molecular formula is C23H20ClF3N10O2. The average Bonchev–Trinajstić information content (AvgIpc) is 3.52. The number of tetrazole rings is 1. The summed E-state index contributed by atoms with van der Waals surface area (Å²) in [6, 6.07) is 6.20. The molecule has 1 aliphatic heterocycles. The number of carbonyl (C=O) groups excluding carboxylic acids is 2. The van der Waals surface area contributed by atoms with Crippen LogP contribution in [-0.2, 0) is 12.7 Å². The van der Waals surface area contributed by atoms with Gasteiger partial charge in [0.1, 0.15) is 12.2 Å². The number of amides is 2. The molecular weight excluding hydrogens is 541 g/mol. The van der Waals surface area contributed by atoms with Crippen LogP contribution in [0.4, 0.5) is 18.9 Å². The van der Waals surface area contributed by atoms with E-state index in [4.69, 9.17) is 11.6 Å². The van der Waals surface area contributed by atoms with Gasteiger partial charge in [-0.2, -0.15) is 28.3 Å². The van der Waals surface area contributed by atoms with E-state index >= 15 is 0 Å². The predicted octanol–water partition coefficient (Wildman–Crippen LogP) is 2.82. The summed E-state index contributed by atoms with van der Waals surface area (Å²) in [7, 11) is 3.06. The Hall–Kier alpha value is -4.58. The fraction of sp³-hybridized carbons (Fsp3) is 0.304. The highest BCUT2D eigenvalue weighted by molar-refractivity contribution is 6.22. The number of aliphatic imine (C=N–C) groups is 1. The highest BCUT2D eigenvalue weighted by Gasteiger charge is 2.37. The van der Waals surface area contributed by atoms with Crippen molar-refractivity contribution >= 4 is 35.3 Å². The Morgan fingerprint density at radius 1 is 1.23 bits per heavy atom. The van der Waals surface area contributed by atoms with Gasteiger partial charge in [0.15, 0.2) is 6.17 Å². The van der Waals surface area contributed by atoms with E-state index in [9.17, 15) is 28.0 Å². The van der Waals surface area contributed by atoms with Gasteiger partial charge in [-0.1, -0.05) is 6.08 Å². The fourth-order valence-corrected chi connectivity index (χ4v) is 4.00. The third kappa shape index (κ3) is 5.80. The van der Waals surface area contributed by atoms with Gasteiger partial charge in [0.05, 0.1) is 34.0 Å². The predicted molar refractivity (Wildman–Crippen MR) is 132 cm³/mol. The number of rotatable bonds is 6. The summed E-state index contributed by atoms with van der Waals surface area (Å²) < 4.78 is 39.9. The summed E-state index contributed by atoms with van der Waals surface area (Å²) in [5, 5.41) is 25.4. The second-order valence-corrected chi connectivity index (χ2v) is 9.13. The van der Waals surface area contributed by atoms with Gasteiger partial charge >= 0.3 is 6.18 Å². The first-order valence-corrected chi connectivity index (χ1v) is 11.7. The first-order valence-electron chi connectivity index (χ1n) is 11.2. The summed E-state index contributed by atoms with van der Waals surface area (Å²) in [6.07, 6.45) is -0.908. The molecule has 0 radical (unpaired) electrons. The molecule has 16 heteroatoms. The maximum atomic E-state index is 13.6. The number of hydrogen-bond acceptors (Lipinski definition) is 8. The van der Waals surface area contributed by atoms with E-state index in [1.807, 2.05) is 6.07 Å². The Kier molecular flexibility index (Phi) is 7.50. The molecule has 2 atom stereocenters. The number of aromatic nitrogens is 6. The van der Waals surface area contributed by atoms with Crippen LogP contribution in [0.25, 0.3) is 0 Å². The number of aryl methyl sites for hydroxylation is 1. The van der Waals surface area contributed by atoms with Gasteiger partial charge < -0.3 is 10.2 Å². The lowest BCUT2D eigenvalue weighted by molar-refractivity contribution is -0.145. The molecule has 202 valence electrons. The topological polar surface area (TPSA) is 147 Å². The molecule has 0 saturated carbocycles. The van der Waals surface area contributed by atoms with E-state index in [-0.39, 0.29) is 34.7 Å². The number of anilines is 1. The number of alkyl halides is 4. The number of carbonyl (C=O) groups is 2. The zero-order valence-electron chi connectivity index (χ0n) is 20.7. The third-order valence-corrected chi connectivity index (χ3v) is 5.89. The largest absolute Gasteiger partial charge is 0.455 e. The van der Waals surface area contributed by atoms with Crippen molar-refractivity contribution in [2.24, 2.45) is 4.99 Å². The lowest BCUT2D eigenvalue weighted by atomic mass is 10.0. The average molecular weight is 561 g/mol. The fourth-order valence-electron chi connectivity index (χ4n) is 3.74. The van der Waals surface area contributed by atoms with Crippen molar-refractivity contribution in [1.82, 2.24) is 34.9 Å². The number of nitrogens with zero attached hydrogens (tertiary/aromatic N) is 9. The van der Waals surface area contributed by atoms with E-state index in [0.29, 0.717) is 10.4 Å². The van der Waals surface area contributed by atoms with E-state index in [0.717, 1.165) is 0 Å². The van der Waals surface area contributed by atoms with Crippen molar-refractivity contribution in [3.8, 4) is 6.07 Å². The van der Waals surface area contributed by atoms with Crippen LogP contribution in [0.15, 0.2) is 35.3 Å². The quantitative estimate of drug-likeness (QED) is 0.456. The first kappa shape index (κ1) is 27.5. The van der Waals surface area contributed by atoms with Crippen LogP contribution in [0.1, 0.15) is 49.7 Å². The summed E-state index contributed by atoms with van der Waals surface area (Å²) in [5.74, 6) is -2.57. The van der Waals surface area contributed by atoms with Crippen LogP contribution in [0.3, 0.4) is 0 Å². The highest BCUT2D eigenvalue weighted by atomic mass is 35.5. The van der Waals surface area contributed by atoms with Crippen molar-refractivity contribution in [3.05, 3.63) is 64.3 Å². The number of dihydropyridines is 1. The first-order chi connectivity index (χ1) is 18.4. The van der Waals surface area contributed by atoms with Crippen LogP contribution in [-0.4, -0.2) is 72.4 Å². The van der Waals surface area contributed by atoms with Crippen molar-refractivity contribution < 1.29 is 22.8 Å². The van der Waals surface area contributed by atoms with E-state index in [2.05, 4.69) is 30.8 Å². The van der Waals surface area contributed by atoms with Gasteiger partial charge in [0.2, 0.25) is 0 Å². The molecule has 0 aliphatic carbocycles.